The molecule has 1 aromatic carbocycles. The molecule has 0 spiro atoms. The number of nitrogens with zero attached hydrogens (tertiary/aromatic N) is 2. The summed E-state index contributed by atoms with van der Waals surface area (Å²) in [5.74, 6) is 3.10. The Morgan fingerprint density at radius 3 is 3.11 bits per heavy atom. The second kappa shape index (κ2) is 6.67. The summed E-state index contributed by atoms with van der Waals surface area (Å²) in [6.07, 6.45) is 0. The molecule has 2 rings (SSSR count). The van der Waals surface area contributed by atoms with E-state index in [1.54, 1.807) is 6.07 Å². The minimum atomic E-state index is 0.611. The van der Waals surface area contributed by atoms with Gasteiger partial charge in [0.25, 0.3) is 0 Å². The van der Waals surface area contributed by atoms with Crippen molar-refractivity contribution in [2.75, 3.05) is 31.2 Å². The van der Waals surface area contributed by atoms with Gasteiger partial charge in [0.1, 0.15) is 18.4 Å². The highest BCUT2D eigenvalue weighted by atomic mass is 32.2. The van der Waals surface area contributed by atoms with Gasteiger partial charge in [-0.25, -0.2) is 0 Å². The third-order valence-electron chi connectivity index (χ3n) is 3.15. The fraction of sp³-hybridized carbons (Fsp3) is 0.500. The minimum Gasteiger partial charge on any atom is -0.491 e. The standard InChI is InChI=1S/C14H18N2OS/c1-12-11-18-9-7-16(12)6-8-17-14-5-3-2-4-13(14)10-15/h2-5,12H,6-9,11H2,1H3. The van der Waals surface area contributed by atoms with Crippen LogP contribution in [0.4, 0.5) is 0 Å². The third-order valence-corrected chi connectivity index (χ3v) is 4.34. The van der Waals surface area contributed by atoms with Gasteiger partial charge in [-0.05, 0) is 19.1 Å². The third kappa shape index (κ3) is 3.41. The van der Waals surface area contributed by atoms with Crippen LogP contribution in [0.15, 0.2) is 24.3 Å². The quantitative estimate of drug-likeness (QED) is 0.834. The highest BCUT2D eigenvalue weighted by Crippen LogP contribution is 2.18. The molecule has 1 heterocycles. The molecule has 1 atom stereocenters. The first-order chi connectivity index (χ1) is 8.81. The van der Waals surface area contributed by atoms with E-state index in [9.17, 15) is 0 Å². The van der Waals surface area contributed by atoms with E-state index in [2.05, 4.69) is 17.9 Å². The van der Waals surface area contributed by atoms with E-state index in [0.29, 0.717) is 24.0 Å². The predicted octanol–water partition coefficient (Wildman–Crippen LogP) is 2.37. The molecule has 1 fully saturated rings. The Balaban J connectivity index is 1.83. The van der Waals surface area contributed by atoms with Gasteiger partial charge in [-0.1, -0.05) is 12.1 Å². The van der Waals surface area contributed by atoms with E-state index >= 15 is 0 Å². The van der Waals surface area contributed by atoms with E-state index in [-0.39, 0.29) is 0 Å². The van der Waals surface area contributed by atoms with Crippen molar-refractivity contribution in [3.8, 4) is 11.8 Å². The van der Waals surface area contributed by atoms with Gasteiger partial charge in [0.15, 0.2) is 0 Å². The summed E-state index contributed by atoms with van der Waals surface area (Å²) in [4.78, 5) is 2.45. The van der Waals surface area contributed by atoms with Crippen LogP contribution in [-0.4, -0.2) is 42.1 Å². The zero-order chi connectivity index (χ0) is 12.8. The molecular formula is C14H18N2OS. The first-order valence-corrected chi connectivity index (χ1v) is 7.40. The number of hydrogen-bond donors (Lipinski definition) is 0. The van der Waals surface area contributed by atoms with Crippen molar-refractivity contribution in [1.82, 2.24) is 4.90 Å². The molecule has 0 amide bonds. The van der Waals surface area contributed by atoms with Crippen molar-refractivity contribution >= 4 is 11.8 Å². The van der Waals surface area contributed by atoms with Crippen LogP contribution in [0, 0.1) is 11.3 Å². The molecule has 0 radical (unpaired) electrons. The number of benzene rings is 1. The molecule has 0 N–H and O–H groups in total. The molecule has 0 aliphatic carbocycles. The normalized spacial score (nSPS) is 20.3. The van der Waals surface area contributed by atoms with Crippen LogP contribution in [-0.2, 0) is 0 Å². The van der Waals surface area contributed by atoms with Crippen molar-refractivity contribution in [1.29, 1.82) is 5.26 Å². The molecule has 4 heteroatoms. The second-order valence-electron chi connectivity index (χ2n) is 4.42. The minimum absolute atomic E-state index is 0.611. The Labute approximate surface area is 113 Å². The van der Waals surface area contributed by atoms with Crippen molar-refractivity contribution in [2.24, 2.45) is 0 Å². The molecule has 96 valence electrons. The Hall–Kier alpha value is -1.18. The number of para-hydroxylation sites is 1. The molecule has 3 nitrogen and oxygen atoms in total. The number of nitriles is 1. The summed E-state index contributed by atoms with van der Waals surface area (Å²) >= 11 is 2.02. The number of hydrogen-bond acceptors (Lipinski definition) is 4. The Bertz CT molecular complexity index is 430. The Morgan fingerprint density at radius 1 is 1.50 bits per heavy atom. The summed E-state index contributed by atoms with van der Waals surface area (Å²) in [6.45, 7) is 4.97. The van der Waals surface area contributed by atoms with Crippen molar-refractivity contribution in [3.63, 3.8) is 0 Å². The lowest BCUT2D eigenvalue weighted by molar-refractivity contribution is 0.183. The van der Waals surface area contributed by atoms with E-state index in [4.69, 9.17) is 10.00 Å². The molecule has 0 aromatic heterocycles. The monoisotopic (exact) mass is 262 g/mol. The maximum absolute atomic E-state index is 8.97. The Morgan fingerprint density at radius 2 is 2.33 bits per heavy atom. The highest BCUT2D eigenvalue weighted by Gasteiger charge is 2.18. The van der Waals surface area contributed by atoms with Gasteiger partial charge in [0.05, 0.1) is 5.56 Å². The topological polar surface area (TPSA) is 36.3 Å². The Kier molecular flexibility index (Phi) is 4.91. The van der Waals surface area contributed by atoms with Gasteiger partial charge in [0, 0.05) is 30.6 Å². The lowest BCUT2D eigenvalue weighted by atomic mass is 10.2. The fourth-order valence-corrected chi connectivity index (χ4v) is 3.13. The maximum atomic E-state index is 8.97. The summed E-state index contributed by atoms with van der Waals surface area (Å²) in [5.41, 5.74) is 0.611. The molecule has 1 aliphatic heterocycles. The second-order valence-corrected chi connectivity index (χ2v) is 5.57. The van der Waals surface area contributed by atoms with Gasteiger partial charge in [-0.2, -0.15) is 17.0 Å². The van der Waals surface area contributed by atoms with E-state index in [1.807, 2.05) is 30.0 Å². The van der Waals surface area contributed by atoms with Crippen molar-refractivity contribution < 1.29 is 4.74 Å². The summed E-state index contributed by atoms with van der Waals surface area (Å²) in [6, 6.07) is 10.2. The smallest absolute Gasteiger partial charge is 0.137 e. The lowest BCUT2D eigenvalue weighted by Gasteiger charge is -2.32. The lowest BCUT2D eigenvalue weighted by Crippen LogP contribution is -2.42. The average molecular weight is 262 g/mol. The van der Waals surface area contributed by atoms with Gasteiger partial charge < -0.3 is 4.74 Å². The van der Waals surface area contributed by atoms with Gasteiger partial charge >= 0.3 is 0 Å². The molecule has 18 heavy (non-hydrogen) atoms. The maximum Gasteiger partial charge on any atom is 0.137 e. The van der Waals surface area contributed by atoms with Gasteiger partial charge in [0.2, 0.25) is 0 Å². The zero-order valence-electron chi connectivity index (χ0n) is 10.6. The number of ether oxygens (including phenoxy) is 1. The largest absolute Gasteiger partial charge is 0.491 e. The van der Waals surface area contributed by atoms with Crippen LogP contribution in [0.3, 0.4) is 0 Å². The van der Waals surface area contributed by atoms with Crippen LogP contribution >= 0.6 is 11.8 Å². The van der Waals surface area contributed by atoms with Gasteiger partial charge in [-0.3, -0.25) is 4.90 Å². The summed E-state index contributed by atoms with van der Waals surface area (Å²) in [7, 11) is 0. The predicted molar refractivity (Wildman–Crippen MR) is 75.0 cm³/mol. The molecule has 1 aliphatic rings. The molecule has 1 aromatic rings. The van der Waals surface area contributed by atoms with Crippen molar-refractivity contribution in [3.05, 3.63) is 29.8 Å². The average Bonchev–Trinajstić information content (AvgIpc) is 2.41. The summed E-state index contributed by atoms with van der Waals surface area (Å²) < 4.78 is 5.71. The number of rotatable bonds is 4. The number of thioether (sulfide) groups is 1. The van der Waals surface area contributed by atoms with Crippen molar-refractivity contribution in [2.45, 2.75) is 13.0 Å². The fourth-order valence-electron chi connectivity index (χ4n) is 2.05. The SMILES string of the molecule is CC1CSCCN1CCOc1ccccc1C#N. The molecule has 1 saturated heterocycles. The summed E-state index contributed by atoms with van der Waals surface area (Å²) in [5, 5.41) is 8.97. The molecule has 1 unspecified atom stereocenters. The zero-order valence-corrected chi connectivity index (χ0v) is 11.4. The molecule has 0 saturated carbocycles. The first kappa shape index (κ1) is 13.3. The van der Waals surface area contributed by atoms with E-state index in [0.717, 1.165) is 13.1 Å². The van der Waals surface area contributed by atoms with Crippen LogP contribution < -0.4 is 4.74 Å². The van der Waals surface area contributed by atoms with Gasteiger partial charge in [-0.15, -0.1) is 0 Å². The van der Waals surface area contributed by atoms with E-state index in [1.165, 1.54) is 11.5 Å². The highest BCUT2D eigenvalue weighted by molar-refractivity contribution is 7.99. The molecular weight excluding hydrogens is 244 g/mol. The first-order valence-electron chi connectivity index (χ1n) is 6.25. The van der Waals surface area contributed by atoms with E-state index < -0.39 is 0 Å². The van der Waals surface area contributed by atoms with Crippen LogP contribution in [0.5, 0.6) is 5.75 Å². The van der Waals surface area contributed by atoms with Crippen LogP contribution in [0.25, 0.3) is 0 Å². The molecule has 0 bridgehead atoms. The van der Waals surface area contributed by atoms with Crippen LogP contribution in [0.2, 0.25) is 0 Å². The van der Waals surface area contributed by atoms with Crippen LogP contribution in [0.1, 0.15) is 12.5 Å².